The maximum atomic E-state index is 5.56. The molecule has 2 aromatic rings. The van der Waals surface area contributed by atoms with Gasteiger partial charge in [-0.3, -0.25) is 0 Å². The van der Waals surface area contributed by atoms with E-state index in [1.165, 1.54) is 16.8 Å². The summed E-state index contributed by atoms with van der Waals surface area (Å²) in [4.78, 5) is 4.53. The van der Waals surface area contributed by atoms with Gasteiger partial charge >= 0.3 is 0 Å². The van der Waals surface area contributed by atoms with E-state index in [1.54, 1.807) is 0 Å². The van der Waals surface area contributed by atoms with Crippen LogP contribution >= 0.6 is 0 Å². The Kier molecular flexibility index (Phi) is 3.29. The Hall–Kier alpha value is -1.61. The highest BCUT2D eigenvalue weighted by Crippen LogP contribution is 2.19. The van der Waals surface area contributed by atoms with E-state index in [0.29, 0.717) is 6.54 Å². The van der Waals surface area contributed by atoms with Crippen LogP contribution in [-0.4, -0.2) is 16.1 Å². The summed E-state index contributed by atoms with van der Waals surface area (Å²) in [6.45, 7) is 6.95. The van der Waals surface area contributed by atoms with Crippen LogP contribution < -0.4 is 5.73 Å². The van der Waals surface area contributed by atoms with E-state index in [-0.39, 0.29) is 0 Å². The Bertz CT molecular complexity index is 526. The minimum absolute atomic E-state index is 0.642. The molecule has 1 heterocycles. The summed E-state index contributed by atoms with van der Waals surface area (Å²) in [7, 11) is 0. The summed E-state index contributed by atoms with van der Waals surface area (Å²) in [5.74, 6) is 1.02. The number of hydrogen-bond acceptors (Lipinski definition) is 2. The third-order valence-electron chi connectivity index (χ3n) is 3.17. The molecule has 0 aliphatic heterocycles. The van der Waals surface area contributed by atoms with Crippen molar-refractivity contribution in [2.24, 2.45) is 5.73 Å². The van der Waals surface area contributed by atoms with Crippen molar-refractivity contribution in [3.05, 3.63) is 47.0 Å². The van der Waals surface area contributed by atoms with Crippen LogP contribution in [0, 0.1) is 20.8 Å². The van der Waals surface area contributed by atoms with Gasteiger partial charge in [0, 0.05) is 18.3 Å². The lowest BCUT2D eigenvalue weighted by atomic mass is 10.1. The Morgan fingerprint density at radius 2 is 2.00 bits per heavy atom. The van der Waals surface area contributed by atoms with Crippen LogP contribution in [0.5, 0.6) is 0 Å². The molecule has 2 rings (SSSR count). The van der Waals surface area contributed by atoms with Gasteiger partial charge in [-0.15, -0.1) is 0 Å². The van der Waals surface area contributed by atoms with Crippen molar-refractivity contribution in [2.75, 3.05) is 6.54 Å². The number of imidazole rings is 1. The van der Waals surface area contributed by atoms with E-state index in [4.69, 9.17) is 5.73 Å². The van der Waals surface area contributed by atoms with E-state index in [1.807, 2.05) is 6.92 Å². The standard InChI is InChI=1S/C14H19N3/c1-10-5-4-6-14(11(10)2)17-9-13(7-8-15)16-12(17)3/h4-6,9H,7-8,15H2,1-3H3. The molecule has 0 bridgehead atoms. The zero-order chi connectivity index (χ0) is 12.4. The summed E-state index contributed by atoms with van der Waals surface area (Å²) in [6.07, 6.45) is 2.92. The van der Waals surface area contributed by atoms with Gasteiger partial charge in [-0.1, -0.05) is 12.1 Å². The molecule has 3 nitrogen and oxygen atoms in total. The first-order valence-corrected chi connectivity index (χ1v) is 5.95. The lowest BCUT2D eigenvalue weighted by molar-refractivity contribution is 0.928. The van der Waals surface area contributed by atoms with Crippen molar-refractivity contribution in [1.82, 2.24) is 9.55 Å². The predicted molar refractivity (Wildman–Crippen MR) is 70.5 cm³/mol. The maximum absolute atomic E-state index is 5.56. The predicted octanol–water partition coefficient (Wildman–Crippen LogP) is 2.30. The zero-order valence-electron chi connectivity index (χ0n) is 10.7. The van der Waals surface area contributed by atoms with Crippen LogP contribution in [0.15, 0.2) is 24.4 Å². The molecule has 0 aliphatic rings. The highest BCUT2D eigenvalue weighted by atomic mass is 15.1. The molecule has 0 saturated carbocycles. The fraction of sp³-hybridized carbons (Fsp3) is 0.357. The third-order valence-corrected chi connectivity index (χ3v) is 3.17. The van der Waals surface area contributed by atoms with E-state index in [9.17, 15) is 0 Å². The molecular formula is C14H19N3. The molecule has 1 aromatic carbocycles. The SMILES string of the molecule is Cc1cccc(-n2cc(CCN)nc2C)c1C. The van der Waals surface area contributed by atoms with Gasteiger partial charge in [0.2, 0.25) is 0 Å². The molecule has 17 heavy (non-hydrogen) atoms. The lowest BCUT2D eigenvalue weighted by Crippen LogP contribution is -2.02. The minimum atomic E-state index is 0.642. The quantitative estimate of drug-likeness (QED) is 0.877. The van der Waals surface area contributed by atoms with E-state index in [0.717, 1.165) is 17.9 Å². The molecule has 2 N–H and O–H groups in total. The lowest BCUT2D eigenvalue weighted by Gasteiger charge is -2.10. The van der Waals surface area contributed by atoms with Crippen LogP contribution in [0.1, 0.15) is 22.6 Å². The van der Waals surface area contributed by atoms with Gasteiger partial charge in [0.15, 0.2) is 0 Å². The Morgan fingerprint density at radius 1 is 1.24 bits per heavy atom. The highest BCUT2D eigenvalue weighted by Gasteiger charge is 2.08. The fourth-order valence-electron chi connectivity index (χ4n) is 2.04. The molecular weight excluding hydrogens is 210 g/mol. The number of rotatable bonds is 3. The van der Waals surface area contributed by atoms with E-state index < -0.39 is 0 Å². The highest BCUT2D eigenvalue weighted by molar-refractivity contribution is 5.45. The molecule has 3 heteroatoms. The number of nitrogens with zero attached hydrogens (tertiary/aromatic N) is 2. The normalized spacial score (nSPS) is 10.8. The van der Waals surface area contributed by atoms with Crippen molar-refractivity contribution in [1.29, 1.82) is 0 Å². The smallest absolute Gasteiger partial charge is 0.110 e. The molecule has 0 fully saturated rings. The van der Waals surface area contributed by atoms with Gasteiger partial charge in [-0.2, -0.15) is 0 Å². The second kappa shape index (κ2) is 4.72. The van der Waals surface area contributed by atoms with E-state index >= 15 is 0 Å². The van der Waals surface area contributed by atoms with Crippen molar-refractivity contribution in [3.63, 3.8) is 0 Å². The maximum Gasteiger partial charge on any atom is 0.110 e. The first-order chi connectivity index (χ1) is 8.13. The minimum Gasteiger partial charge on any atom is -0.330 e. The van der Waals surface area contributed by atoms with Crippen LogP contribution in [0.25, 0.3) is 5.69 Å². The molecule has 0 radical (unpaired) electrons. The number of hydrogen-bond donors (Lipinski definition) is 1. The number of nitrogens with two attached hydrogens (primary N) is 1. The van der Waals surface area contributed by atoms with Crippen molar-refractivity contribution < 1.29 is 0 Å². The monoisotopic (exact) mass is 229 g/mol. The molecule has 90 valence electrons. The number of aryl methyl sites for hydroxylation is 2. The zero-order valence-corrected chi connectivity index (χ0v) is 10.7. The first kappa shape index (κ1) is 11.9. The average molecular weight is 229 g/mol. The number of benzene rings is 1. The van der Waals surface area contributed by atoms with E-state index in [2.05, 4.69) is 47.8 Å². The Morgan fingerprint density at radius 3 is 2.71 bits per heavy atom. The summed E-state index contributed by atoms with van der Waals surface area (Å²) in [6, 6.07) is 6.34. The summed E-state index contributed by atoms with van der Waals surface area (Å²) in [5.41, 5.74) is 10.4. The molecule has 0 atom stereocenters. The Labute approximate surface area is 102 Å². The second-order valence-electron chi connectivity index (χ2n) is 4.41. The summed E-state index contributed by atoms with van der Waals surface area (Å²) in [5, 5.41) is 0. The molecule has 0 amide bonds. The molecule has 0 aliphatic carbocycles. The van der Waals surface area contributed by atoms with Gasteiger partial charge < -0.3 is 10.3 Å². The largest absolute Gasteiger partial charge is 0.330 e. The molecule has 0 unspecified atom stereocenters. The van der Waals surface area contributed by atoms with Crippen molar-refractivity contribution in [3.8, 4) is 5.69 Å². The third kappa shape index (κ3) is 2.24. The van der Waals surface area contributed by atoms with Gasteiger partial charge in [0.25, 0.3) is 0 Å². The summed E-state index contributed by atoms with van der Waals surface area (Å²) >= 11 is 0. The number of aromatic nitrogens is 2. The first-order valence-electron chi connectivity index (χ1n) is 5.95. The van der Waals surface area contributed by atoms with Gasteiger partial charge in [0.1, 0.15) is 5.82 Å². The van der Waals surface area contributed by atoms with Gasteiger partial charge in [0.05, 0.1) is 5.69 Å². The topological polar surface area (TPSA) is 43.8 Å². The second-order valence-corrected chi connectivity index (χ2v) is 4.41. The van der Waals surface area contributed by atoms with Gasteiger partial charge in [-0.05, 0) is 44.5 Å². The average Bonchev–Trinajstić information content (AvgIpc) is 2.64. The molecule has 1 aromatic heterocycles. The fourth-order valence-corrected chi connectivity index (χ4v) is 2.04. The van der Waals surface area contributed by atoms with Crippen LogP contribution in [-0.2, 0) is 6.42 Å². The van der Waals surface area contributed by atoms with Crippen LogP contribution in [0.2, 0.25) is 0 Å². The van der Waals surface area contributed by atoms with Crippen LogP contribution in [0.4, 0.5) is 0 Å². The van der Waals surface area contributed by atoms with Gasteiger partial charge in [-0.25, -0.2) is 4.98 Å². The molecule has 0 saturated heterocycles. The Balaban J connectivity index is 2.49. The molecule has 0 spiro atoms. The van der Waals surface area contributed by atoms with Crippen molar-refractivity contribution in [2.45, 2.75) is 27.2 Å². The van der Waals surface area contributed by atoms with Crippen molar-refractivity contribution >= 4 is 0 Å². The van der Waals surface area contributed by atoms with Crippen LogP contribution in [0.3, 0.4) is 0 Å². The summed E-state index contributed by atoms with van der Waals surface area (Å²) < 4.78 is 2.15.